The first kappa shape index (κ1) is 123. The maximum absolute atomic E-state index is 10.4. The summed E-state index contributed by atoms with van der Waals surface area (Å²) in [7, 11) is 0. The van der Waals surface area contributed by atoms with Crippen LogP contribution in [0.4, 0.5) is 0 Å². The number of carbonyl (C=O) groups is 14. The molecule has 0 saturated heterocycles. The molecule has 0 heterocycles. The van der Waals surface area contributed by atoms with E-state index in [1.165, 1.54) is 27.7 Å². The molecule has 0 aliphatic heterocycles. The Morgan fingerprint density at radius 2 is 0.581 bits per heavy atom. The lowest BCUT2D eigenvalue weighted by Crippen LogP contribution is -2.34. The summed E-state index contributed by atoms with van der Waals surface area (Å²) in [5.74, 6) is -12.3. The van der Waals surface area contributed by atoms with Crippen LogP contribution < -0.4 is 86.0 Å². The Morgan fingerprint density at radius 1 is 0.333 bits per heavy atom. The van der Waals surface area contributed by atoms with Crippen molar-refractivity contribution in [1.29, 1.82) is 0 Å². The van der Waals surface area contributed by atoms with Gasteiger partial charge >= 0.3 is 83.6 Å². The van der Waals surface area contributed by atoms with Gasteiger partial charge in [0.25, 0.3) is 0 Å². The minimum Gasteiger partial charge on any atom is -0.481 e. The van der Waals surface area contributed by atoms with Crippen LogP contribution in [0.25, 0.3) is 0 Å². The Balaban J connectivity index is -0.0000000898. The van der Waals surface area contributed by atoms with Crippen molar-refractivity contribution in [3.05, 3.63) is 35.9 Å². The molecule has 1 rings (SSSR count). The van der Waals surface area contributed by atoms with Crippen LogP contribution in [0, 0.1) is 17.8 Å². The highest BCUT2D eigenvalue weighted by atomic mass is 32.2. The summed E-state index contributed by atoms with van der Waals surface area (Å²) in [5.41, 5.74) is 76.7. The van der Waals surface area contributed by atoms with Gasteiger partial charge in [-0.3, -0.25) is 67.1 Å². The highest BCUT2D eigenvalue weighted by molar-refractivity contribution is 7.98. The molecule has 0 unspecified atom stereocenters. The van der Waals surface area contributed by atoms with Crippen LogP contribution in [0.1, 0.15) is 139 Å². The molecule has 0 aliphatic rings. The molecular weight excluding hydrogens is 1420 g/mol. The zero-order valence-electron chi connectivity index (χ0n) is 61.7. The summed E-state index contributed by atoms with van der Waals surface area (Å²) < 4.78 is 0. The first-order chi connectivity index (χ1) is 47.7. The smallest absolute Gasteiger partial charge is 0.321 e. The van der Waals surface area contributed by atoms with Crippen molar-refractivity contribution in [3.8, 4) is 0 Å². The maximum Gasteiger partial charge on any atom is 0.321 e. The molecular formula is C61H127N15O28S. The summed E-state index contributed by atoms with van der Waals surface area (Å²) in [6.07, 6.45) is 7.76. The molecule has 43 nitrogen and oxygen atoms in total. The van der Waals surface area contributed by atoms with Gasteiger partial charge in [0.15, 0.2) is 0 Å². The molecule has 1 aromatic rings. The number of thioether (sulfide) groups is 1. The molecule has 105 heavy (non-hydrogen) atoms. The Hall–Kier alpha value is -8.45. The first-order valence-corrected chi connectivity index (χ1v) is 33.0. The summed E-state index contributed by atoms with van der Waals surface area (Å²) in [5, 5.41) is 113. The van der Waals surface area contributed by atoms with E-state index in [1.54, 1.807) is 25.6 Å². The minimum absolute atomic E-state index is 0.0208. The summed E-state index contributed by atoms with van der Waals surface area (Å²) in [6, 6.07) is 0.121. The van der Waals surface area contributed by atoms with E-state index in [1.807, 2.05) is 64.3 Å². The second-order valence-corrected chi connectivity index (χ2v) is 23.7. The third kappa shape index (κ3) is 120. The lowest BCUT2D eigenvalue weighted by Gasteiger charge is -2.07. The zero-order valence-corrected chi connectivity index (χ0v) is 62.5. The molecule has 0 saturated carbocycles. The average molecular weight is 1550 g/mol. The largest absolute Gasteiger partial charge is 0.481 e. The predicted octanol–water partition coefficient (Wildman–Crippen LogP) is -3.63. The molecule has 0 aliphatic carbocycles. The number of benzene rings is 1. The Bertz CT molecular complexity index is 2340. The van der Waals surface area contributed by atoms with Gasteiger partial charge in [0, 0.05) is 0 Å². The van der Waals surface area contributed by atoms with Gasteiger partial charge in [-0.25, -0.2) is 0 Å². The summed E-state index contributed by atoms with van der Waals surface area (Å²) in [4.78, 5) is 138. The van der Waals surface area contributed by atoms with Gasteiger partial charge in [0.05, 0.1) is 13.0 Å². The predicted molar refractivity (Wildman–Crippen MR) is 392 cm³/mol. The maximum atomic E-state index is 10.4. The van der Waals surface area contributed by atoms with Crippen molar-refractivity contribution >= 4 is 95.3 Å². The Morgan fingerprint density at radius 3 is 0.724 bits per heavy atom. The van der Waals surface area contributed by atoms with E-state index in [9.17, 15) is 67.1 Å². The van der Waals surface area contributed by atoms with Gasteiger partial charge in [-0.2, -0.15) is 11.8 Å². The monoisotopic (exact) mass is 1550 g/mol. The van der Waals surface area contributed by atoms with E-state index >= 15 is 0 Å². The number of rotatable bonds is 33. The van der Waals surface area contributed by atoms with Crippen LogP contribution >= 0.6 is 11.8 Å². The third-order valence-corrected chi connectivity index (χ3v) is 11.3. The second kappa shape index (κ2) is 81.2. The molecule has 0 bridgehead atoms. The number of nitrogens with two attached hydrogens (primary N) is 15. The van der Waals surface area contributed by atoms with Crippen molar-refractivity contribution in [2.75, 3.05) is 31.6 Å². The number of hydrogen-bond donors (Lipinski definition) is 29. The van der Waals surface area contributed by atoms with Crippen molar-refractivity contribution < 1.29 is 139 Å². The lowest BCUT2D eigenvalue weighted by atomic mass is 10.1. The molecule has 0 spiro atoms. The molecule has 0 aromatic heterocycles. The van der Waals surface area contributed by atoms with Crippen LogP contribution in [-0.4, -0.2) is 259 Å². The summed E-state index contributed by atoms with van der Waals surface area (Å²) >= 11 is 1.60. The van der Waals surface area contributed by atoms with Crippen LogP contribution in [0.15, 0.2) is 30.3 Å². The normalized spacial score (nSPS) is 13.0. The molecule has 620 valence electrons. The number of carboxylic acid groups (broad SMARTS) is 14. The molecule has 0 amide bonds. The Labute approximate surface area is 615 Å². The van der Waals surface area contributed by atoms with Crippen molar-refractivity contribution in [1.82, 2.24) is 0 Å². The molecule has 44 N–H and O–H groups in total. The van der Waals surface area contributed by atoms with Gasteiger partial charge in [0.2, 0.25) is 0 Å². The van der Waals surface area contributed by atoms with Crippen LogP contribution in [0.2, 0.25) is 0 Å². The van der Waals surface area contributed by atoms with E-state index in [0.717, 1.165) is 37.0 Å². The van der Waals surface area contributed by atoms with E-state index < -0.39 is 162 Å². The molecule has 12 atom stereocenters. The fraction of sp³-hybridized carbons (Fsp3) is 0.672. The van der Waals surface area contributed by atoms with Crippen LogP contribution in [0.5, 0.6) is 0 Å². The van der Waals surface area contributed by atoms with Gasteiger partial charge in [-0.05, 0) is 127 Å². The number of carboxylic acids is 14. The lowest BCUT2D eigenvalue weighted by molar-refractivity contribution is -0.144. The van der Waals surface area contributed by atoms with E-state index in [2.05, 4.69) is 5.73 Å². The molecule has 0 fully saturated rings. The van der Waals surface area contributed by atoms with Crippen molar-refractivity contribution in [3.63, 3.8) is 0 Å². The van der Waals surface area contributed by atoms with Gasteiger partial charge < -0.3 is 157 Å². The molecule has 44 heteroatoms. The number of aliphatic carboxylic acids is 14. The number of unbranched alkanes of at least 4 members (excludes halogenated alkanes) is 2. The SMILES string of the molecule is CC(C)C[C@H](N)C(=O)O.CC(C)C[C@H](N)C(=O)O.CC(C)[C@H](N)C(=O)O.CSCC[C@H](N)C(=O)O.C[C@H](N)C(=O)O.C[C@H](N)C(=O)O.C[C@H](N)C(=O)O.C[C@H](N)C(=O)O.NCC(=O)O.NCCCC[C@H](N)C(=O)O.NCCCC[C@H](N)C(=O)O.N[C@@H](CC(=O)O)C(=O)O.N[C@@H](Cc1ccccc1)C(=O)O. The highest BCUT2D eigenvalue weighted by Gasteiger charge is 2.17. The fourth-order valence-electron chi connectivity index (χ4n) is 4.37. The van der Waals surface area contributed by atoms with E-state index in [0.29, 0.717) is 63.5 Å². The van der Waals surface area contributed by atoms with Crippen molar-refractivity contribution in [2.45, 2.75) is 212 Å². The van der Waals surface area contributed by atoms with Crippen molar-refractivity contribution in [2.24, 2.45) is 104 Å². The zero-order chi connectivity index (χ0) is 86.2. The topological polar surface area (TPSA) is 913 Å². The highest BCUT2D eigenvalue weighted by Crippen LogP contribution is 2.04. The standard InChI is InChI=1S/C9H11NO2.2C6H14N2O2.2C6H13NO2.C5H11NO2S.C5H11NO2.C4H7NO4.4C3H7NO2.C2H5NO2/c10-8(9(11)12)6-7-4-2-1-3-5-7;2*7-4-2-1-3-5(8)6(9)10;2*1-4(2)3-5(7)6(8)9;1-9-3-2-4(6)5(7)8;1-3(2)4(6)5(7)8;5-2(4(8)9)1-3(6)7;4*1-2(4)3(5)6;3-1-2(4)5/h1-5,8H,6,10H2,(H,11,12);2*5H,1-4,7-8H2,(H,9,10);2*4-5H,3,7H2,1-2H3,(H,8,9);4H,2-3,6H2,1H3,(H,7,8);3-4H,6H2,1-2H3,(H,7,8);2H,1,5H2,(H,6,7)(H,8,9);4*2H,4H2,1H3,(H,5,6);1,3H2,(H,4,5)/t8-;4*5-;2*4-;5*2-;/m000000000000./s1. The Kier molecular flexibility index (Phi) is 95.4. The van der Waals surface area contributed by atoms with Crippen LogP contribution in [-0.2, 0) is 73.5 Å². The number of hydrogen-bond acceptors (Lipinski definition) is 30. The van der Waals surface area contributed by atoms with Crippen LogP contribution in [0.3, 0.4) is 0 Å². The third-order valence-electron chi connectivity index (χ3n) is 10.7. The quantitative estimate of drug-likeness (QED) is 0.0302. The van der Waals surface area contributed by atoms with Gasteiger partial charge in [-0.1, -0.05) is 84.7 Å². The summed E-state index contributed by atoms with van der Waals surface area (Å²) in [6.45, 7) is 17.9. The molecule has 1 aromatic carbocycles. The fourth-order valence-corrected chi connectivity index (χ4v) is 4.86. The van der Waals surface area contributed by atoms with E-state index in [4.69, 9.17) is 152 Å². The molecule has 0 radical (unpaired) electrons. The minimum atomic E-state index is -1.29. The average Bonchev–Trinajstić information content (AvgIpc) is 0.956. The van der Waals surface area contributed by atoms with Gasteiger partial charge in [0.1, 0.15) is 72.5 Å². The first-order valence-electron chi connectivity index (χ1n) is 31.6. The second-order valence-electron chi connectivity index (χ2n) is 22.7. The van der Waals surface area contributed by atoms with Gasteiger partial charge in [-0.15, -0.1) is 0 Å². The van der Waals surface area contributed by atoms with E-state index in [-0.39, 0.29) is 12.5 Å².